The minimum atomic E-state index is -0.495. The van der Waals surface area contributed by atoms with Crippen LogP contribution < -0.4 is 4.90 Å². The van der Waals surface area contributed by atoms with Crippen molar-refractivity contribution in [1.29, 1.82) is 0 Å². The Morgan fingerprint density at radius 1 is 1.50 bits per heavy atom. The summed E-state index contributed by atoms with van der Waals surface area (Å²) in [6.45, 7) is 1.71. The van der Waals surface area contributed by atoms with Crippen molar-refractivity contribution in [3.63, 3.8) is 0 Å². The molecule has 1 rings (SSSR count). The molecule has 1 N–H and O–H groups in total. The first-order valence-corrected chi connectivity index (χ1v) is 3.92. The summed E-state index contributed by atoms with van der Waals surface area (Å²) in [5.41, 5.74) is 1.77. The molecule has 1 aromatic heterocycles. The number of rotatable bonds is 2. The maximum absolute atomic E-state index is 9.25. The number of nitrogens with zero attached hydrogens (tertiary/aromatic N) is 2. The largest absolute Gasteiger partial charge is 0.387 e. The summed E-state index contributed by atoms with van der Waals surface area (Å²) in [5.74, 6) is 0. The van der Waals surface area contributed by atoms with Crippen LogP contribution in [0.25, 0.3) is 0 Å². The summed E-state index contributed by atoms with van der Waals surface area (Å²) < 4.78 is 0. The van der Waals surface area contributed by atoms with Crippen molar-refractivity contribution in [3.8, 4) is 0 Å². The first-order valence-electron chi connectivity index (χ1n) is 3.92. The van der Waals surface area contributed by atoms with Gasteiger partial charge in [-0.3, -0.25) is 4.98 Å². The lowest BCUT2D eigenvalue weighted by molar-refractivity contribution is 0.194. The zero-order chi connectivity index (χ0) is 9.14. The molecule has 12 heavy (non-hydrogen) atoms. The lowest BCUT2D eigenvalue weighted by Crippen LogP contribution is -2.09. The van der Waals surface area contributed by atoms with E-state index in [0.29, 0.717) is 5.69 Å². The van der Waals surface area contributed by atoms with Crippen LogP contribution in [-0.4, -0.2) is 24.2 Å². The van der Waals surface area contributed by atoms with Gasteiger partial charge in [-0.1, -0.05) is 0 Å². The molecule has 0 amide bonds. The number of pyridine rings is 1. The van der Waals surface area contributed by atoms with Crippen LogP contribution >= 0.6 is 0 Å². The van der Waals surface area contributed by atoms with Crippen molar-refractivity contribution in [2.45, 2.75) is 13.0 Å². The van der Waals surface area contributed by atoms with Crippen molar-refractivity contribution in [2.24, 2.45) is 0 Å². The Kier molecular flexibility index (Phi) is 2.65. The predicted molar refractivity (Wildman–Crippen MR) is 49.2 cm³/mol. The molecule has 1 aromatic rings. The summed E-state index contributed by atoms with van der Waals surface area (Å²) in [6.07, 6.45) is 1.21. The van der Waals surface area contributed by atoms with E-state index in [-0.39, 0.29) is 0 Å². The van der Waals surface area contributed by atoms with Crippen LogP contribution in [0.3, 0.4) is 0 Å². The first kappa shape index (κ1) is 9.00. The molecular weight excluding hydrogens is 152 g/mol. The van der Waals surface area contributed by atoms with Crippen LogP contribution in [0.4, 0.5) is 5.69 Å². The van der Waals surface area contributed by atoms with Crippen molar-refractivity contribution in [1.82, 2.24) is 4.98 Å². The van der Waals surface area contributed by atoms with Gasteiger partial charge >= 0.3 is 0 Å². The Balaban J connectivity index is 2.96. The molecule has 0 saturated heterocycles. The van der Waals surface area contributed by atoms with Crippen LogP contribution in [0.5, 0.6) is 0 Å². The van der Waals surface area contributed by atoms with Gasteiger partial charge in [0, 0.05) is 26.0 Å². The average molecular weight is 166 g/mol. The van der Waals surface area contributed by atoms with E-state index in [1.807, 2.05) is 31.1 Å². The molecule has 66 valence electrons. The number of hydrogen-bond acceptors (Lipinski definition) is 3. The number of aromatic nitrogens is 1. The van der Waals surface area contributed by atoms with Gasteiger partial charge in [0.05, 0.1) is 11.8 Å². The highest BCUT2D eigenvalue weighted by Crippen LogP contribution is 2.15. The monoisotopic (exact) mass is 166 g/mol. The van der Waals surface area contributed by atoms with Crippen LogP contribution in [0.2, 0.25) is 0 Å². The Labute approximate surface area is 72.7 Å². The SMILES string of the molecule is C[C@H](O)c1cc(N(C)C)ccn1. The van der Waals surface area contributed by atoms with E-state index in [0.717, 1.165) is 5.69 Å². The topological polar surface area (TPSA) is 36.4 Å². The zero-order valence-electron chi connectivity index (χ0n) is 7.65. The van der Waals surface area contributed by atoms with Crippen molar-refractivity contribution in [2.75, 3.05) is 19.0 Å². The summed E-state index contributed by atoms with van der Waals surface area (Å²) in [4.78, 5) is 6.02. The molecule has 0 radical (unpaired) electrons. The molecule has 0 bridgehead atoms. The van der Waals surface area contributed by atoms with E-state index in [1.54, 1.807) is 13.1 Å². The van der Waals surface area contributed by atoms with Gasteiger partial charge in [0.1, 0.15) is 0 Å². The van der Waals surface area contributed by atoms with Crippen LogP contribution in [0.15, 0.2) is 18.3 Å². The van der Waals surface area contributed by atoms with Gasteiger partial charge in [-0.2, -0.15) is 0 Å². The third-order valence-corrected chi connectivity index (χ3v) is 1.71. The minimum absolute atomic E-state index is 0.495. The Morgan fingerprint density at radius 3 is 2.67 bits per heavy atom. The van der Waals surface area contributed by atoms with Crippen LogP contribution in [-0.2, 0) is 0 Å². The van der Waals surface area contributed by atoms with Gasteiger partial charge < -0.3 is 10.0 Å². The molecule has 0 aliphatic rings. The van der Waals surface area contributed by atoms with E-state index in [4.69, 9.17) is 0 Å². The fourth-order valence-electron chi connectivity index (χ4n) is 0.943. The van der Waals surface area contributed by atoms with Crippen LogP contribution in [0.1, 0.15) is 18.7 Å². The number of hydrogen-bond donors (Lipinski definition) is 1. The maximum Gasteiger partial charge on any atom is 0.0932 e. The van der Waals surface area contributed by atoms with Gasteiger partial charge in [0.15, 0.2) is 0 Å². The molecule has 0 saturated carbocycles. The highest BCUT2D eigenvalue weighted by atomic mass is 16.3. The second kappa shape index (κ2) is 3.54. The van der Waals surface area contributed by atoms with E-state index < -0.39 is 6.10 Å². The van der Waals surface area contributed by atoms with E-state index >= 15 is 0 Å². The predicted octanol–water partition coefficient (Wildman–Crippen LogP) is 1.20. The quantitative estimate of drug-likeness (QED) is 0.717. The number of aliphatic hydroxyl groups excluding tert-OH is 1. The standard InChI is InChI=1S/C9H14N2O/c1-7(12)9-6-8(11(2)3)4-5-10-9/h4-7,12H,1-3H3/t7-/m0/s1. The fourth-order valence-corrected chi connectivity index (χ4v) is 0.943. The second-order valence-corrected chi connectivity index (χ2v) is 3.01. The average Bonchev–Trinajstić information content (AvgIpc) is 2.04. The zero-order valence-corrected chi connectivity index (χ0v) is 7.65. The molecular formula is C9H14N2O. The van der Waals surface area contributed by atoms with Gasteiger partial charge in [0.25, 0.3) is 0 Å². The van der Waals surface area contributed by atoms with Crippen molar-refractivity contribution >= 4 is 5.69 Å². The molecule has 0 aromatic carbocycles. The van der Waals surface area contributed by atoms with Crippen molar-refractivity contribution in [3.05, 3.63) is 24.0 Å². The summed E-state index contributed by atoms with van der Waals surface area (Å²) in [6, 6.07) is 3.79. The summed E-state index contributed by atoms with van der Waals surface area (Å²) >= 11 is 0. The highest BCUT2D eigenvalue weighted by molar-refractivity contribution is 5.44. The minimum Gasteiger partial charge on any atom is -0.387 e. The Morgan fingerprint density at radius 2 is 2.17 bits per heavy atom. The van der Waals surface area contributed by atoms with Gasteiger partial charge in [-0.25, -0.2) is 0 Å². The maximum atomic E-state index is 9.25. The summed E-state index contributed by atoms with van der Waals surface area (Å²) in [7, 11) is 3.92. The molecule has 1 atom stereocenters. The molecule has 0 fully saturated rings. The Bertz CT molecular complexity index is 235. The molecule has 1 heterocycles. The number of aliphatic hydroxyl groups is 1. The summed E-state index contributed by atoms with van der Waals surface area (Å²) in [5, 5.41) is 9.25. The normalized spacial score (nSPS) is 12.7. The fraction of sp³-hybridized carbons (Fsp3) is 0.444. The van der Waals surface area contributed by atoms with Crippen LogP contribution in [0, 0.1) is 0 Å². The van der Waals surface area contributed by atoms with Crippen molar-refractivity contribution < 1.29 is 5.11 Å². The lowest BCUT2D eigenvalue weighted by Gasteiger charge is -2.13. The third kappa shape index (κ3) is 1.95. The molecule has 3 nitrogen and oxygen atoms in total. The number of anilines is 1. The third-order valence-electron chi connectivity index (χ3n) is 1.71. The molecule has 0 unspecified atom stereocenters. The molecule has 3 heteroatoms. The Hall–Kier alpha value is -1.09. The van der Waals surface area contributed by atoms with E-state index in [1.165, 1.54) is 0 Å². The second-order valence-electron chi connectivity index (χ2n) is 3.01. The van der Waals surface area contributed by atoms with Gasteiger partial charge in [-0.05, 0) is 19.1 Å². The highest BCUT2D eigenvalue weighted by Gasteiger charge is 2.03. The smallest absolute Gasteiger partial charge is 0.0932 e. The first-order chi connectivity index (χ1) is 5.61. The van der Waals surface area contributed by atoms with Gasteiger partial charge in [-0.15, -0.1) is 0 Å². The molecule has 0 aliphatic carbocycles. The van der Waals surface area contributed by atoms with E-state index in [9.17, 15) is 5.11 Å². The van der Waals surface area contributed by atoms with E-state index in [2.05, 4.69) is 4.98 Å². The van der Waals surface area contributed by atoms with Gasteiger partial charge in [0.2, 0.25) is 0 Å². The lowest BCUT2D eigenvalue weighted by atomic mass is 10.2. The molecule has 0 spiro atoms. The molecule has 0 aliphatic heterocycles.